The highest BCUT2D eigenvalue weighted by Crippen LogP contribution is 2.31. The molecule has 27 heavy (non-hydrogen) atoms. The molecule has 0 saturated carbocycles. The SMILES string of the molecule is COC(=O)CC(NS(=O)(=O)c1cccc(C(F)(F)F)c1)c1ccccc1Cl. The first-order chi connectivity index (χ1) is 12.5. The Kier molecular flexibility index (Phi) is 6.50. The molecule has 2 aromatic carbocycles. The first kappa shape index (κ1) is 21.2. The highest BCUT2D eigenvalue weighted by Gasteiger charge is 2.32. The molecule has 2 rings (SSSR count). The smallest absolute Gasteiger partial charge is 0.416 e. The van der Waals surface area contributed by atoms with E-state index in [0.717, 1.165) is 25.3 Å². The molecule has 1 unspecified atom stereocenters. The van der Waals surface area contributed by atoms with E-state index in [1.807, 2.05) is 0 Å². The summed E-state index contributed by atoms with van der Waals surface area (Å²) in [4.78, 5) is 11.1. The van der Waals surface area contributed by atoms with Gasteiger partial charge in [-0.2, -0.15) is 13.2 Å². The number of carbonyl (C=O) groups excluding carboxylic acids is 1. The van der Waals surface area contributed by atoms with Crippen LogP contribution in [-0.2, 0) is 25.7 Å². The molecule has 0 saturated heterocycles. The third kappa shape index (κ3) is 5.44. The topological polar surface area (TPSA) is 72.5 Å². The van der Waals surface area contributed by atoms with Crippen LogP contribution in [0.25, 0.3) is 0 Å². The van der Waals surface area contributed by atoms with Crippen molar-refractivity contribution in [2.24, 2.45) is 0 Å². The number of halogens is 4. The van der Waals surface area contributed by atoms with Crippen molar-refractivity contribution in [1.29, 1.82) is 0 Å². The summed E-state index contributed by atoms with van der Waals surface area (Å²) in [5.41, 5.74) is -0.812. The summed E-state index contributed by atoms with van der Waals surface area (Å²) in [6.07, 6.45) is -5.09. The van der Waals surface area contributed by atoms with Gasteiger partial charge in [-0.15, -0.1) is 0 Å². The molecule has 0 radical (unpaired) electrons. The fourth-order valence-corrected chi connectivity index (χ4v) is 3.85. The molecule has 2 aromatic rings. The van der Waals surface area contributed by atoms with Crippen LogP contribution in [0.4, 0.5) is 13.2 Å². The minimum atomic E-state index is -4.69. The Hall–Kier alpha value is -2.10. The van der Waals surface area contributed by atoms with Crippen LogP contribution in [0.1, 0.15) is 23.6 Å². The van der Waals surface area contributed by atoms with E-state index in [2.05, 4.69) is 9.46 Å². The minimum absolute atomic E-state index is 0.193. The lowest BCUT2D eigenvalue weighted by molar-refractivity contribution is -0.141. The van der Waals surface area contributed by atoms with Gasteiger partial charge in [0.25, 0.3) is 0 Å². The molecule has 0 heterocycles. The van der Waals surface area contributed by atoms with E-state index in [1.54, 1.807) is 12.1 Å². The fourth-order valence-electron chi connectivity index (χ4n) is 2.32. The zero-order valence-corrected chi connectivity index (χ0v) is 15.5. The van der Waals surface area contributed by atoms with Crippen LogP contribution in [0.5, 0.6) is 0 Å². The van der Waals surface area contributed by atoms with Crippen molar-refractivity contribution >= 4 is 27.6 Å². The second-order valence-electron chi connectivity index (χ2n) is 5.50. The average Bonchev–Trinajstić information content (AvgIpc) is 2.60. The molecule has 0 aliphatic heterocycles. The van der Waals surface area contributed by atoms with Crippen molar-refractivity contribution < 1.29 is 31.1 Å². The van der Waals surface area contributed by atoms with Gasteiger partial charge in [-0.05, 0) is 29.8 Å². The van der Waals surface area contributed by atoms with Crippen LogP contribution in [0.15, 0.2) is 53.4 Å². The lowest BCUT2D eigenvalue weighted by Gasteiger charge is -2.20. The Morgan fingerprint density at radius 3 is 2.44 bits per heavy atom. The zero-order valence-electron chi connectivity index (χ0n) is 14.0. The number of methoxy groups -OCH3 is 1. The van der Waals surface area contributed by atoms with Crippen molar-refractivity contribution in [1.82, 2.24) is 4.72 Å². The van der Waals surface area contributed by atoms with Crippen LogP contribution in [-0.4, -0.2) is 21.5 Å². The summed E-state index contributed by atoms with van der Waals surface area (Å²) in [5, 5.41) is 0.193. The first-order valence-corrected chi connectivity index (χ1v) is 9.41. The van der Waals surface area contributed by atoms with E-state index >= 15 is 0 Å². The van der Waals surface area contributed by atoms with Gasteiger partial charge in [-0.3, -0.25) is 4.79 Å². The molecule has 0 aromatic heterocycles. The number of benzene rings is 2. The van der Waals surface area contributed by atoms with Crippen molar-refractivity contribution in [3.8, 4) is 0 Å². The van der Waals surface area contributed by atoms with Crippen molar-refractivity contribution in [3.63, 3.8) is 0 Å². The van der Waals surface area contributed by atoms with Gasteiger partial charge < -0.3 is 4.74 Å². The second-order valence-corrected chi connectivity index (χ2v) is 7.62. The van der Waals surface area contributed by atoms with Crippen LogP contribution >= 0.6 is 11.6 Å². The van der Waals surface area contributed by atoms with Gasteiger partial charge in [0.2, 0.25) is 10.0 Å². The van der Waals surface area contributed by atoms with E-state index in [4.69, 9.17) is 11.6 Å². The van der Waals surface area contributed by atoms with E-state index < -0.39 is 45.1 Å². The third-order valence-electron chi connectivity index (χ3n) is 3.65. The first-order valence-electron chi connectivity index (χ1n) is 7.55. The van der Waals surface area contributed by atoms with Gasteiger partial charge in [-0.1, -0.05) is 35.9 Å². The van der Waals surface area contributed by atoms with E-state index in [-0.39, 0.29) is 5.02 Å². The second kappa shape index (κ2) is 8.28. The quantitative estimate of drug-likeness (QED) is 0.717. The van der Waals surface area contributed by atoms with Gasteiger partial charge in [0, 0.05) is 5.02 Å². The molecule has 146 valence electrons. The monoisotopic (exact) mass is 421 g/mol. The maximum absolute atomic E-state index is 12.9. The standard InChI is InChI=1S/C17H15ClF3NO4S/c1-26-16(23)10-15(13-7-2-3-8-14(13)18)22-27(24,25)12-6-4-5-11(9-12)17(19,20)21/h2-9,15,22H,10H2,1H3. The van der Waals surface area contributed by atoms with Crippen molar-refractivity contribution in [2.45, 2.75) is 23.5 Å². The Morgan fingerprint density at radius 1 is 1.19 bits per heavy atom. The maximum atomic E-state index is 12.9. The molecule has 5 nitrogen and oxygen atoms in total. The summed E-state index contributed by atoms with van der Waals surface area (Å²) in [5.74, 6) is -0.716. The molecular weight excluding hydrogens is 407 g/mol. The number of hydrogen-bond donors (Lipinski definition) is 1. The Morgan fingerprint density at radius 2 is 1.85 bits per heavy atom. The molecule has 0 amide bonds. The predicted molar refractivity (Wildman–Crippen MR) is 92.6 cm³/mol. The van der Waals surface area contributed by atoms with Gasteiger partial charge in [0.05, 0.1) is 30.0 Å². The van der Waals surface area contributed by atoms with Gasteiger partial charge in [-0.25, -0.2) is 13.1 Å². The van der Waals surface area contributed by atoms with E-state index in [9.17, 15) is 26.4 Å². The molecule has 10 heteroatoms. The van der Waals surface area contributed by atoms with Gasteiger partial charge in [0.15, 0.2) is 0 Å². The molecule has 0 aliphatic carbocycles. The van der Waals surface area contributed by atoms with Crippen LogP contribution in [0.3, 0.4) is 0 Å². The fraction of sp³-hybridized carbons (Fsp3) is 0.235. The number of ether oxygens (including phenoxy) is 1. The van der Waals surface area contributed by atoms with Gasteiger partial charge in [0.1, 0.15) is 0 Å². The molecule has 0 bridgehead atoms. The molecular formula is C17H15ClF3NO4S. The highest BCUT2D eigenvalue weighted by atomic mass is 35.5. The van der Waals surface area contributed by atoms with Crippen molar-refractivity contribution in [3.05, 3.63) is 64.7 Å². The zero-order chi connectivity index (χ0) is 20.2. The summed E-state index contributed by atoms with van der Waals surface area (Å²) >= 11 is 6.07. The van der Waals surface area contributed by atoms with E-state index in [1.165, 1.54) is 12.1 Å². The predicted octanol–water partition coefficient (Wildman–Crippen LogP) is 3.94. The number of rotatable bonds is 6. The average molecular weight is 422 g/mol. The molecule has 0 fully saturated rings. The number of nitrogens with one attached hydrogen (secondary N) is 1. The number of esters is 1. The Bertz CT molecular complexity index is 932. The molecule has 1 atom stereocenters. The van der Waals surface area contributed by atoms with Gasteiger partial charge >= 0.3 is 12.1 Å². The maximum Gasteiger partial charge on any atom is 0.416 e. The molecule has 1 N–H and O–H groups in total. The minimum Gasteiger partial charge on any atom is -0.469 e. The Balaban J connectivity index is 2.41. The summed E-state index contributed by atoms with van der Waals surface area (Å²) in [6.45, 7) is 0. The van der Waals surface area contributed by atoms with Crippen molar-refractivity contribution in [2.75, 3.05) is 7.11 Å². The summed E-state index contributed by atoms with van der Waals surface area (Å²) in [6, 6.07) is 8.38. The van der Waals surface area contributed by atoms with Crippen LogP contribution in [0.2, 0.25) is 5.02 Å². The highest BCUT2D eigenvalue weighted by molar-refractivity contribution is 7.89. The number of carbonyl (C=O) groups is 1. The summed E-state index contributed by atoms with van der Waals surface area (Å²) < 4.78 is 70.6. The van der Waals surface area contributed by atoms with E-state index in [0.29, 0.717) is 11.6 Å². The molecule has 0 spiro atoms. The van der Waals surface area contributed by atoms with Crippen LogP contribution in [0, 0.1) is 0 Å². The normalized spacial score (nSPS) is 13.2. The lowest BCUT2D eigenvalue weighted by atomic mass is 10.1. The molecule has 0 aliphatic rings. The number of alkyl halides is 3. The third-order valence-corrected chi connectivity index (χ3v) is 5.46. The van der Waals surface area contributed by atoms with Crippen LogP contribution < -0.4 is 4.72 Å². The lowest BCUT2D eigenvalue weighted by Crippen LogP contribution is -2.31. The number of hydrogen-bond acceptors (Lipinski definition) is 4. The Labute approximate surface area is 159 Å². The summed E-state index contributed by atoms with van der Waals surface area (Å²) in [7, 11) is -3.25. The largest absolute Gasteiger partial charge is 0.469 e. The number of sulfonamides is 1.